The number of rotatable bonds is 3. The van der Waals surface area contributed by atoms with Crippen LogP contribution in [-0.4, -0.2) is 26.5 Å². The molecule has 0 saturated carbocycles. The minimum Gasteiger partial charge on any atom is -0.480 e. The van der Waals surface area contributed by atoms with Crippen molar-refractivity contribution in [2.45, 2.75) is 0 Å². The SMILES string of the molecule is C#CCOc1ccccc1-c1c2nc(cc3ccc(cc4ccc(cc5nc1C=C5)[nH]4)[nH]3)C=C2. The lowest BCUT2D eigenvalue weighted by Crippen LogP contribution is -1.97. The van der Waals surface area contributed by atoms with E-state index in [-0.39, 0.29) is 6.61 Å². The molecule has 3 aromatic heterocycles. The Bertz CT molecular complexity index is 1590. The maximum absolute atomic E-state index is 5.87. The first-order chi connectivity index (χ1) is 16.7. The first-order valence-electron chi connectivity index (χ1n) is 11.0. The summed E-state index contributed by atoms with van der Waals surface area (Å²) in [5.74, 6) is 3.25. The molecule has 4 aromatic rings. The van der Waals surface area contributed by atoms with Crippen LogP contribution in [0.25, 0.3) is 57.5 Å². The number of benzene rings is 1. The van der Waals surface area contributed by atoms with E-state index in [9.17, 15) is 0 Å². The predicted molar refractivity (Wildman–Crippen MR) is 139 cm³/mol. The van der Waals surface area contributed by atoms with Crippen molar-refractivity contribution >= 4 is 46.4 Å². The molecule has 0 radical (unpaired) electrons. The molecule has 0 fully saturated rings. The molecule has 5 heterocycles. The van der Waals surface area contributed by atoms with Crippen molar-refractivity contribution in [1.82, 2.24) is 19.9 Å². The topological polar surface area (TPSA) is 66.6 Å². The number of hydrogen-bond donors (Lipinski definition) is 2. The summed E-state index contributed by atoms with van der Waals surface area (Å²) in [6, 6.07) is 22.2. The highest BCUT2D eigenvalue weighted by molar-refractivity contribution is 5.90. The van der Waals surface area contributed by atoms with Gasteiger partial charge in [-0.3, -0.25) is 0 Å². The molecule has 5 heteroatoms. The van der Waals surface area contributed by atoms with Gasteiger partial charge in [0.25, 0.3) is 0 Å². The molecule has 0 aliphatic carbocycles. The lowest BCUT2D eigenvalue weighted by atomic mass is 10.0. The minimum atomic E-state index is 0.187. The number of para-hydroxylation sites is 1. The largest absolute Gasteiger partial charge is 0.480 e. The molecule has 1 aromatic carbocycles. The monoisotopic (exact) mass is 440 g/mol. The van der Waals surface area contributed by atoms with E-state index < -0.39 is 0 Å². The number of fused-ring (bicyclic) bond motifs is 8. The zero-order valence-electron chi connectivity index (χ0n) is 18.2. The van der Waals surface area contributed by atoms with Gasteiger partial charge in [-0.1, -0.05) is 24.1 Å². The van der Waals surface area contributed by atoms with Crippen molar-refractivity contribution < 1.29 is 4.74 Å². The molecule has 0 amide bonds. The fourth-order valence-corrected chi connectivity index (χ4v) is 4.20. The Labute approximate surface area is 196 Å². The fourth-order valence-electron chi connectivity index (χ4n) is 4.20. The number of aromatic amines is 2. The summed E-state index contributed by atoms with van der Waals surface area (Å²) in [5, 5.41) is 0. The lowest BCUT2D eigenvalue weighted by molar-refractivity contribution is 0.372. The number of aromatic nitrogens is 4. The average molecular weight is 441 g/mol. The quantitative estimate of drug-likeness (QED) is 0.316. The van der Waals surface area contributed by atoms with Gasteiger partial charge in [0.1, 0.15) is 12.4 Å². The van der Waals surface area contributed by atoms with E-state index >= 15 is 0 Å². The van der Waals surface area contributed by atoms with Crippen LogP contribution in [0, 0.1) is 12.3 Å². The van der Waals surface area contributed by atoms with Gasteiger partial charge >= 0.3 is 0 Å². The van der Waals surface area contributed by atoms with Crippen LogP contribution in [0.5, 0.6) is 5.75 Å². The smallest absolute Gasteiger partial charge is 0.148 e. The van der Waals surface area contributed by atoms with E-state index in [0.29, 0.717) is 5.75 Å². The third kappa shape index (κ3) is 3.78. The number of nitrogens with one attached hydrogen (secondary N) is 2. The fraction of sp³-hybridized carbons (Fsp3) is 0.0345. The summed E-state index contributed by atoms with van der Waals surface area (Å²) in [6.45, 7) is 0.187. The molecule has 5 nitrogen and oxygen atoms in total. The molecule has 2 aliphatic heterocycles. The van der Waals surface area contributed by atoms with Gasteiger partial charge in [0.05, 0.1) is 22.8 Å². The Morgan fingerprint density at radius 3 is 1.85 bits per heavy atom. The van der Waals surface area contributed by atoms with Crippen LogP contribution >= 0.6 is 0 Å². The summed E-state index contributed by atoms with van der Waals surface area (Å²) in [6.07, 6.45) is 13.5. The average Bonchev–Trinajstić information content (AvgIpc) is 3.64. The van der Waals surface area contributed by atoms with Gasteiger partial charge in [0.2, 0.25) is 0 Å². The van der Waals surface area contributed by atoms with Gasteiger partial charge in [-0.15, -0.1) is 6.42 Å². The molecule has 0 unspecified atom stereocenters. The summed E-state index contributed by atoms with van der Waals surface area (Å²) in [5.41, 5.74) is 9.13. The number of H-pyrrole nitrogens is 2. The molecule has 8 bridgehead atoms. The summed E-state index contributed by atoms with van der Waals surface area (Å²) in [7, 11) is 0. The third-order valence-electron chi connectivity index (χ3n) is 5.68. The molecule has 34 heavy (non-hydrogen) atoms. The van der Waals surface area contributed by atoms with Gasteiger partial charge < -0.3 is 14.7 Å². The number of ether oxygens (including phenoxy) is 1. The Balaban J connectivity index is 1.69. The Hall–Kier alpha value is -4.82. The Morgan fingerprint density at radius 2 is 1.26 bits per heavy atom. The second kappa shape index (κ2) is 8.27. The minimum absolute atomic E-state index is 0.187. The summed E-state index contributed by atoms with van der Waals surface area (Å²) >= 11 is 0. The van der Waals surface area contributed by atoms with Gasteiger partial charge in [0.15, 0.2) is 0 Å². The van der Waals surface area contributed by atoms with E-state index in [2.05, 4.69) is 34.1 Å². The van der Waals surface area contributed by atoms with Crippen molar-refractivity contribution in [3.05, 3.63) is 89.5 Å². The molecular formula is C29H20N4O. The standard InChI is InChI=1S/C29H20N4O/c1-2-15-34-28-6-4-3-5-25(28)29-26-13-11-23(32-26)17-21-9-7-19(30-21)16-20-8-10-22(31-20)18-24-12-14-27(29)33-24/h1,3-14,16-18,30-31H,15H2. The number of terminal acetylenes is 1. The van der Waals surface area contributed by atoms with Crippen LogP contribution in [0.2, 0.25) is 0 Å². The molecule has 2 N–H and O–H groups in total. The molecule has 0 spiro atoms. The number of nitrogens with zero attached hydrogens (tertiary/aromatic N) is 2. The van der Waals surface area contributed by atoms with Gasteiger partial charge in [-0.25, -0.2) is 9.97 Å². The molecule has 162 valence electrons. The normalized spacial score (nSPS) is 12.0. The zero-order chi connectivity index (χ0) is 22.9. The molecule has 0 atom stereocenters. The maximum atomic E-state index is 5.87. The maximum Gasteiger partial charge on any atom is 0.148 e. The van der Waals surface area contributed by atoms with Crippen LogP contribution in [0.4, 0.5) is 0 Å². The molecule has 0 saturated heterocycles. The highest BCUT2D eigenvalue weighted by atomic mass is 16.5. The molecule has 2 aliphatic rings. The summed E-state index contributed by atoms with van der Waals surface area (Å²) in [4.78, 5) is 16.7. The summed E-state index contributed by atoms with van der Waals surface area (Å²) < 4.78 is 5.87. The highest BCUT2D eigenvalue weighted by Gasteiger charge is 2.17. The predicted octanol–water partition coefficient (Wildman–Crippen LogP) is 6.33. The third-order valence-corrected chi connectivity index (χ3v) is 5.68. The first kappa shape index (κ1) is 19.8. The second-order valence-corrected chi connectivity index (χ2v) is 8.05. The first-order valence-corrected chi connectivity index (χ1v) is 11.0. The van der Waals surface area contributed by atoms with Crippen molar-refractivity contribution in [3.63, 3.8) is 0 Å². The van der Waals surface area contributed by atoms with Crippen LogP contribution < -0.4 is 4.74 Å². The Morgan fingerprint density at radius 1 is 0.706 bits per heavy atom. The lowest BCUT2D eigenvalue weighted by Gasteiger charge is -2.11. The van der Waals surface area contributed by atoms with Crippen molar-refractivity contribution in [3.8, 4) is 29.2 Å². The highest BCUT2D eigenvalue weighted by Crippen LogP contribution is 2.36. The Kier molecular flexibility index (Phi) is 4.82. The second-order valence-electron chi connectivity index (χ2n) is 8.05. The van der Waals surface area contributed by atoms with Crippen LogP contribution in [0.1, 0.15) is 22.8 Å². The van der Waals surface area contributed by atoms with Crippen LogP contribution in [0.3, 0.4) is 0 Å². The van der Waals surface area contributed by atoms with Crippen molar-refractivity contribution in [2.24, 2.45) is 0 Å². The van der Waals surface area contributed by atoms with E-state index in [1.807, 2.05) is 72.8 Å². The molecular weight excluding hydrogens is 420 g/mol. The van der Waals surface area contributed by atoms with Crippen LogP contribution in [-0.2, 0) is 0 Å². The zero-order valence-corrected chi connectivity index (χ0v) is 18.2. The number of hydrogen-bond acceptors (Lipinski definition) is 3. The van der Waals surface area contributed by atoms with E-state index in [1.54, 1.807) is 0 Å². The van der Waals surface area contributed by atoms with Crippen molar-refractivity contribution in [1.29, 1.82) is 0 Å². The van der Waals surface area contributed by atoms with E-state index in [0.717, 1.165) is 56.0 Å². The van der Waals surface area contributed by atoms with Gasteiger partial charge in [0, 0.05) is 33.2 Å². The van der Waals surface area contributed by atoms with Crippen LogP contribution in [0.15, 0.2) is 66.7 Å². The van der Waals surface area contributed by atoms with E-state index in [1.165, 1.54) is 0 Å². The van der Waals surface area contributed by atoms with Gasteiger partial charge in [-0.2, -0.15) is 0 Å². The molecule has 6 rings (SSSR count). The van der Waals surface area contributed by atoms with Gasteiger partial charge in [-0.05, 0) is 72.8 Å². The van der Waals surface area contributed by atoms with Crippen molar-refractivity contribution in [2.75, 3.05) is 6.61 Å². The van der Waals surface area contributed by atoms with E-state index in [4.69, 9.17) is 21.1 Å².